The maximum Gasteiger partial charge on any atom is 0.335 e. The highest BCUT2D eigenvalue weighted by molar-refractivity contribution is 7.92. The lowest BCUT2D eigenvalue weighted by Gasteiger charge is -2.12. The Morgan fingerprint density at radius 1 is 0.955 bits per heavy atom. The monoisotopic (exact) mass is 647 g/mol. The number of carboxylic acids is 1. The minimum Gasteiger partial charge on any atom is -0.495 e. The number of imidazole rings is 1. The standard InChI is InChI=1S/C33H27Cl2N3O5S/c1-43-31-15-12-25(17-29(31)37-44(2,41)42)23-8-3-21(4-9-23)7-16-32-36-30(27-14-13-26(34)18-28(27)35)20-38(32)19-22-5-10-24(11-6-22)33(39)40/h3-18,20,37H,19H2,1-2H3,(H,39,40)/b16-7+. The van der Waals surface area contributed by atoms with E-state index < -0.39 is 16.0 Å². The second-order valence-corrected chi connectivity index (χ2v) is 12.6. The molecule has 0 radical (unpaired) electrons. The third-order valence-electron chi connectivity index (χ3n) is 6.73. The Morgan fingerprint density at radius 3 is 2.30 bits per heavy atom. The van der Waals surface area contributed by atoms with Gasteiger partial charge in [-0.2, -0.15) is 0 Å². The van der Waals surface area contributed by atoms with Gasteiger partial charge in [-0.1, -0.05) is 71.7 Å². The summed E-state index contributed by atoms with van der Waals surface area (Å²) in [5, 5.41) is 10.2. The molecule has 11 heteroatoms. The van der Waals surface area contributed by atoms with Crippen molar-refractivity contribution in [2.75, 3.05) is 18.1 Å². The SMILES string of the molecule is COc1ccc(-c2ccc(/C=C/c3nc(-c4ccc(Cl)cc4Cl)cn3Cc3ccc(C(=O)O)cc3)cc2)cc1NS(C)(=O)=O. The van der Waals surface area contributed by atoms with Gasteiger partial charge in [0.15, 0.2) is 0 Å². The molecule has 5 rings (SSSR count). The van der Waals surface area contributed by atoms with Crippen molar-refractivity contribution >= 4 is 57.0 Å². The number of sulfonamides is 1. The second kappa shape index (κ2) is 13.0. The molecule has 1 aromatic heterocycles. The highest BCUT2D eigenvalue weighted by Crippen LogP contribution is 2.32. The fraction of sp³-hybridized carbons (Fsp3) is 0.0909. The highest BCUT2D eigenvalue weighted by Gasteiger charge is 2.13. The molecular formula is C33H27Cl2N3O5S. The molecule has 0 spiro atoms. The van der Waals surface area contributed by atoms with Gasteiger partial charge in [0, 0.05) is 23.3 Å². The number of anilines is 1. The van der Waals surface area contributed by atoms with E-state index in [1.807, 2.05) is 59.3 Å². The van der Waals surface area contributed by atoms with Crippen LogP contribution in [0.5, 0.6) is 5.75 Å². The Bertz CT molecular complexity index is 1970. The van der Waals surface area contributed by atoms with E-state index >= 15 is 0 Å². The normalized spacial score (nSPS) is 11.5. The number of rotatable bonds is 10. The van der Waals surface area contributed by atoms with Gasteiger partial charge in [-0.05, 0) is 70.8 Å². The van der Waals surface area contributed by atoms with E-state index in [0.29, 0.717) is 39.5 Å². The van der Waals surface area contributed by atoms with Crippen molar-refractivity contribution in [1.82, 2.24) is 9.55 Å². The molecule has 0 aliphatic heterocycles. The summed E-state index contributed by atoms with van der Waals surface area (Å²) in [5.74, 6) is 0.113. The van der Waals surface area contributed by atoms with Crippen LogP contribution in [0.15, 0.2) is 91.1 Å². The molecule has 0 amide bonds. The smallest absolute Gasteiger partial charge is 0.335 e. The lowest BCUT2D eigenvalue weighted by Crippen LogP contribution is -2.10. The van der Waals surface area contributed by atoms with Gasteiger partial charge in [-0.25, -0.2) is 18.2 Å². The number of carboxylic acid groups (broad SMARTS) is 1. The molecule has 44 heavy (non-hydrogen) atoms. The molecule has 8 nitrogen and oxygen atoms in total. The summed E-state index contributed by atoms with van der Waals surface area (Å²) in [6, 6.07) is 25.1. The maximum atomic E-state index is 11.8. The number of aromatic carboxylic acids is 1. The number of methoxy groups -OCH3 is 1. The zero-order chi connectivity index (χ0) is 31.4. The van der Waals surface area contributed by atoms with Crippen molar-refractivity contribution in [3.05, 3.63) is 124 Å². The Balaban J connectivity index is 1.44. The minimum atomic E-state index is -3.48. The fourth-order valence-corrected chi connectivity index (χ4v) is 5.66. The third-order valence-corrected chi connectivity index (χ3v) is 7.87. The van der Waals surface area contributed by atoms with Crippen LogP contribution in [0.1, 0.15) is 27.3 Å². The molecular weight excluding hydrogens is 621 g/mol. The number of carbonyl (C=O) groups is 1. The summed E-state index contributed by atoms with van der Waals surface area (Å²) in [6.07, 6.45) is 6.83. The molecule has 2 N–H and O–H groups in total. The molecule has 0 fully saturated rings. The van der Waals surface area contributed by atoms with Gasteiger partial charge in [0.1, 0.15) is 11.6 Å². The summed E-state index contributed by atoms with van der Waals surface area (Å²) in [5.41, 5.74) is 5.52. The second-order valence-electron chi connectivity index (χ2n) is 9.98. The van der Waals surface area contributed by atoms with E-state index in [2.05, 4.69) is 4.72 Å². The molecule has 0 atom stereocenters. The van der Waals surface area contributed by atoms with E-state index in [1.165, 1.54) is 7.11 Å². The lowest BCUT2D eigenvalue weighted by molar-refractivity contribution is 0.0697. The van der Waals surface area contributed by atoms with E-state index in [0.717, 1.165) is 34.1 Å². The topological polar surface area (TPSA) is 111 Å². The Hall–Kier alpha value is -4.57. The van der Waals surface area contributed by atoms with Crippen molar-refractivity contribution in [3.8, 4) is 28.1 Å². The molecule has 0 aliphatic carbocycles. The van der Waals surface area contributed by atoms with Crippen LogP contribution in [0, 0.1) is 0 Å². The van der Waals surface area contributed by atoms with Crippen LogP contribution >= 0.6 is 23.2 Å². The van der Waals surface area contributed by atoms with Crippen LogP contribution in [-0.4, -0.2) is 42.4 Å². The highest BCUT2D eigenvalue weighted by atomic mass is 35.5. The molecule has 0 bridgehead atoms. The van der Waals surface area contributed by atoms with Crippen LogP contribution in [0.4, 0.5) is 5.69 Å². The van der Waals surface area contributed by atoms with Gasteiger partial charge in [0.25, 0.3) is 0 Å². The van der Waals surface area contributed by atoms with Gasteiger partial charge in [0.05, 0.1) is 35.3 Å². The van der Waals surface area contributed by atoms with Crippen molar-refractivity contribution in [2.24, 2.45) is 0 Å². The average Bonchev–Trinajstić information content (AvgIpc) is 3.37. The number of nitrogens with zero attached hydrogens (tertiary/aromatic N) is 2. The van der Waals surface area contributed by atoms with Crippen molar-refractivity contribution in [2.45, 2.75) is 6.54 Å². The van der Waals surface area contributed by atoms with Gasteiger partial charge in [-0.3, -0.25) is 4.72 Å². The molecule has 0 unspecified atom stereocenters. The molecule has 0 saturated carbocycles. The Kier molecular flexibility index (Phi) is 9.10. The number of halogens is 2. The van der Waals surface area contributed by atoms with E-state index in [1.54, 1.807) is 48.5 Å². The molecule has 0 saturated heterocycles. The van der Waals surface area contributed by atoms with Crippen LogP contribution in [0.2, 0.25) is 10.0 Å². The van der Waals surface area contributed by atoms with Crippen LogP contribution in [0.3, 0.4) is 0 Å². The molecule has 0 aliphatic rings. The number of benzene rings is 4. The molecule has 1 heterocycles. The number of nitrogens with one attached hydrogen (secondary N) is 1. The maximum absolute atomic E-state index is 11.8. The van der Waals surface area contributed by atoms with Crippen molar-refractivity contribution in [1.29, 1.82) is 0 Å². The third kappa shape index (κ3) is 7.49. The van der Waals surface area contributed by atoms with Gasteiger partial charge >= 0.3 is 5.97 Å². The summed E-state index contributed by atoms with van der Waals surface area (Å²) < 4.78 is 33.4. The predicted molar refractivity (Wildman–Crippen MR) is 176 cm³/mol. The van der Waals surface area contributed by atoms with Gasteiger partial charge in [0.2, 0.25) is 10.0 Å². The number of ether oxygens (including phenoxy) is 1. The van der Waals surface area contributed by atoms with Crippen molar-refractivity contribution in [3.63, 3.8) is 0 Å². The number of hydrogen-bond donors (Lipinski definition) is 2. The van der Waals surface area contributed by atoms with E-state index in [9.17, 15) is 18.3 Å². The molecule has 5 aromatic rings. The largest absolute Gasteiger partial charge is 0.495 e. The van der Waals surface area contributed by atoms with Crippen molar-refractivity contribution < 1.29 is 23.1 Å². The van der Waals surface area contributed by atoms with Gasteiger partial charge < -0.3 is 14.4 Å². The first-order valence-corrected chi connectivity index (χ1v) is 15.9. The summed E-state index contributed by atoms with van der Waals surface area (Å²) in [7, 11) is -2.00. The lowest BCUT2D eigenvalue weighted by atomic mass is 10.0. The zero-order valence-electron chi connectivity index (χ0n) is 23.7. The first-order valence-electron chi connectivity index (χ1n) is 13.3. The molecule has 224 valence electrons. The summed E-state index contributed by atoms with van der Waals surface area (Å²) in [6.45, 7) is 0.456. The first kappa shape index (κ1) is 30.9. The predicted octanol–water partition coefficient (Wildman–Crippen LogP) is 7.82. The van der Waals surface area contributed by atoms with Crippen LogP contribution in [0.25, 0.3) is 34.5 Å². The average molecular weight is 649 g/mol. The van der Waals surface area contributed by atoms with E-state index in [-0.39, 0.29) is 5.56 Å². The van der Waals surface area contributed by atoms with Gasteiger partial charge in [-0.15, -0.1) is 0 Å². The summed E-state index contributed by atoms with van der Waals surface area (Å²) in [4.78, 5) is 16.1. The Morgan fingerprint density at radius 2 is 1.66 bits per heavy atom. The van der Waals surface area contributed by atoms with Crippen LogP contribution < -0.4 is 9.46 Å². The summed E-state index contributed by atoms with van der Waals surface area (Å²) >= 11 is 12.6. The Labute approximate surface area is 265 Å². The molecule has 4 aromatic carbocycles. The number of aromatic nitrogens is 2. The first-order chi connectivity index (χ1) is 21.0. The minimum absolute atomic E-state index is 0.217. The van der Waals surface area contributed by atoms with E-state index in [4.69, 9.17) is 32.9 Å². The van der Waals surface area contributed by atoms with Crippen LogP contribution in [-0.2, 0) is 16.6 Å². The number of hydrogen-bond acceptors (Lipinski definition) is 5. The quantitative estimate of drug-likeness (QED) is 0.160. The zero-order valence-corrected chi connectivity index (χ0v) is 26.0. The fourth-order valence-electron chi connectivity index (χ4n) is 4.59.